The van der Waals surface area contributed by atoms with E-state index in [2.05, 4.69) is 33.0 Å². The lowest BCUT2D eigenvalue weighted by atomic mass is 9.92. The molecule has 0 aliphatic rings. The van der Waals surface area contributed by atoms with Crippen molar-refractivity contribution in [3.8, 4) is 0 Å². The van der Waals surface area contributed by atoms with Gasteiger partial charge in [0.2, 0.25) is 0 Å². The number of halogens is 1. The molecule has 2 atom stereocenters. The molecule has 0 saturated heterocycles. The zero-order valence-electron chi connectivity index (χ0n) is 12.5. The molecule has 0 spiro atoms. The van der Waals surface area contributed by atoms with Crippen molar-refractivity contribution < 1.29 is 4.39 Å². The average Bonchev–Trinajstić information content (AvgIpc) is 2.35. The summed E-state index contributed by atoms with van der Waals surface area (Å²) in [6.45, 7) is 10.3. The van der Waals surface area contributed by atoms with Gasteiger partial charge in [-0.25, -0.2) is 4.39 Å². The van der Waals surface area contributed by atoms with Crippen LogP contribution in [0.15, 0.2) is 24.3 Å². The van der Waals surface area contributed by atoms with Crippen LogP contribution in [0.2, 0.25) is 0 Å². The summed E-state index contributed by atoms with van der Waals surface area (Å²) in [4.78, 5) is 0. The van der Waals surface area contributed by atoms with Crippen molar-refractivity contribution in [2.45, 2.75) is 33.7 Å². The van der Waals surface area contributed by atoms with Crippen LogP contribution in [0.5, 0.6) is 0 Å². The van der Waals surface area contributed by atoms with Gasteiger partial charge < -0.3 is 11.1 Å². The maximum atomic E-state index is 13.0. The summed E-state index contributed by atoms with van der Waals surface area (Å²) in [5.41, 5.74) is 6.94. The minimum absolute atomic E-state index is 0.187. The van der Waals surface area contributed by atoms with E-state index in [4.69, 9.17) is 5.73 Å². The van der Waals surface area contributed by atoms with Gasteiger partial charge in [-0.1, -0.05) is 39.8 Å². The molecule has 0 amide bonds. The molecule has 0 aliphatic heterocycles. The van der Waals surface area contributed by atoms with Gasteiger partial charge in [-0.05, 0) is 48.5 Å². The summed E-state index contributed by atoms with van der Waals surface area (Å²) in [7, 11) is 0. The Kier molecular flexibility index (Phi) is 6.46. The van der Waals surface area contributed by atoms with Gasteiger partial charge in [0.1, 0.15) is 5.82 Å². The Labute approximate surface area is 116 Å². The van der Waals surface area contributed by atoms with E-state index in [1.165, 1.54) is 12.1 Å². The Morgan fingerprint density at radius 3 is 2.05 bits per heavy atom. The maximum Gasteiger partial charge on any atom is 0.123 e. The Morgan fingerprint density at radius 1 is 1.05 bits per heavy atom. The summed E-state index contributed by atoms with van der Waals surface area (Å²) < 4.78 is 13.0. The van der Waals surface area contributed by atoms with Crippen molar-refractivity contribution in [1.82, 2.24) is 5.32 Å². The zero-order valence-corrected chi connectivity index (χ0v) is 12.5. The lowest BCUT2D eigenvalue weighted by molar-refractivity contribution is 0.322. The molecule has 0 aromatic heterocycles. The van der Waals surface area contributed by atoms with Gasteiger partial charge in [0.15, 0.2) is 0 Å². The lowest BCUT2D eigenvalue weighted by Crippen LogP contribution is -2.35. The van der Waals surface area contributed by atoms with E-state index in [1.54, 1.807) is 0 Å². The van der Waals surface area contributed by atoms with Crippen molar-refractivity contribution in [3.63, 3.8) is 0 Å². The van der Waals surface area contributed by atoms with Crippen molar-refractivity contribution >= 4 is 0 Å². The number of benzene rings is 1. The molecule has 2 nitrogen and oxygen atoms in total. The molecule has 0 aliphatic carbocycles. The molecule has 3 heteroatoms. The molecule has 19 heavy (non-hydrogen) atoms. The molecule has 0 radical (unpaired) electrons. The Balaban J connectivity index is 2.71. The highest BCUT2D eigenvalue weighted by Gasteiger charge is 2.18. The van der Waals surface area contributed by atoms with Gasteiger partial charge >= 0.3 is 0 Å². The fourth-order valence-electron chi connectivity index (χ4n) is 2.28. The number of nitrogens with one attached hydrogen (secondary N) is 1. The standard InChI is InChI=1S/C16H27FN2/c1-11(2)14(9-18)10-19-16(12(3)4)13-5-7-15(17)8-6-13/h5-8,11-12,14,16,19H,9-10,18H2,1-4H3. The summed E-state index contributed by atoms with van der Waals surface area (Å²) in [6.07, 6.45) is 0. The number of hydrogen-bond acceptors (Lipinski definition) is 2. The normalized spacial score (nSPS) is 14.9. The van der Waals surface area contributed by atoms with Crippen LogP contribution in [0, 0.1) is 23.6 Å². The highest BCUT2D eigenvalue weighted by Crippen LogP contribution is 2.22. The van der Waals surface area contributed by atoms with Crippen LogP contribution in [-0.2, 0) is 0 Å². The van der Waals surface area contributed by atoms with Crippen LogP contribution in [-0.4, -0.2) is 13.1 Å². The Hall–Kier alpha value is -0.930. The van der Waals surface area contributed by atoms with Gasteiger partial charge in [-0.3, -0.25) is 0 Å². The summed E-state index contributed by atoms with van der Waals surface area (Å²) >= 11 is 0. The minimum Gasteiger partial charge on any atom is -0.330 e. The second kappa shape index (κ2) is 7.61. The van der Waals surface area contributed by atoms with Crippen molar-refractivity contribution in [3.05, 3.63) is 35.6 Å². The second-order valence-electron chi connectivity index (χ2n) is 5.92. The maximum absolute atomic E-state index is 13.0. The predicted molar refractivity (Wildman–Crippen MR) is 79.4 cm³/mol. The lowest BCUT2D eigenvalue weighted by Gasteiger charge is -2.27. The van der Waals surface area contributed by atoms with Crippen LogP contribution in [0.4, 0.5) is 4.39 Å². The van der Waals surface area contributed by atoms with Crippen molar-refractivity contribution in [2.24, 2.45) is 23.5 Å². The molecule has 1 aromatic carbocycles. The van der Waals surface area contributed by atoms with E-state index in [0.29, 0.717) is 24.3 Å². The molecular weight excluding hydrogens is 239 g/mol. The summed E-state index contributed by atoms with van der Waals surface area (Å²) in [5.74, 6) is 1.31. The van der Waals surface area contributed by atoms with Crippen molar-refractivity contribution in [1.29, 1.82) is 0 Å². The average molecular weight is 266 g/mol. The molecule has 0 bridgehead atoms. The first kappa shape index (κ1) is 16.1. The SMILES string of the molecule is CC(C)C(CN)CNC(c1ccc(F)cc1)C(C)C. The van der Waals surface area contributed by atoms with Crippen LogP contribution in [0.3, 0.4) is 0 Å². The molecule has 3 N–H and O–H groups in total. The largest absolute Gasteiger partial charge is 0.330 e. The highest BCUT2D eigenvalue weighted by atomic mass is 19.1. The van der Waals surface area contributed by atoms with Crippen molar-refractivity contribution in [2.75, 3.05) is 13.1 Å². The third-order valence-electron chi connectivity index (χ3n) is 3.74. The number of rotatable bonds is 7. The molecule has 1 aromatic rings. The van der Waals surface area contributed by atoms with Gasteiger partial charge in [0.25, 0.3) is 0 Å². The van der Waals surface area contributed by atoms with Gasteiger partial charge in [-0.15, -0.1) is 0 Å². The van der Waals surface area contributed by atoms with Crippen LogP contribution < -0.4 is 11.1 Å². The highest BCUT2D eigenvalue weighted by molar-refractivity contribution is 5.20. The van der Waals surface area contributed by atoms with E-state index in [9.17, 15) is 4.39 Å². The zero-order chi connectivity index (χ0) is 14.4. The van der Waals surface area contributed by atoms with Gasteiger partial charge in [-0.2, -0.15) is 0 Å². The topological polar surface area (TPSA) is 38.0 Å². The molecule has 0 heterocycles. The Bertz CT molecular complexity index is 360. The minimum atomic E-state index is -0.187. The molecule has 1 rings (SSSR count). The number of hydrogen-bond donors (Lipinski definition) is 2. The molecule has 0 fully saturated rings. The van der Waals surface area contributed by atoms with E-state index < -0.39 is 0 Å². The Morgan fingerprint density at radius 2 is 1.63 bits per heavy atom. The molecule has 0 saturated carbocycles. The van der Waals surface area contributed by atoms with Gasteiger partial charge in [0.05, 0.1) is 0 Å². The third-order valence-corrected chi connectivity index (χ3v) is 3.74. The smallest absolute Gasteiger partial charge is 0.123 e. The third kappa shape index (κ3) is 4.92. The van der Waals surface area contributed by atoms with Crippen LogP contribution >= 0.6 is 0 Å². The summed E-state index contributed by atoms with van der Waals surface area (Å²) in [6, 6.07) is 7.01. The second-order valence-corrected chi connectivity index (χ2v) is 5.92. The number of nitrogens with two attached hydrogens (primary N) is 1. The quantitative estimate of drug-likeness (QED) is 0.794. The van der Waals surface area contributed by atoms with E-state index in [0.717, 1.165) is 12.1 Å². The monoisotopic (exact) mass is 266 g/mol. The van der Waals surface area contributed by atoms with E-state index in [-0.39, 0.29) is 11.9 Å². The summed E-state index contributed by atoms with van der Waals surface area (Å²) in [5, 5.41) is 3.58. The molecular formula is C16H27FN2. The van der Waals surface area contributed by atoms with Crippen LogP contribution in [0.25, 0.3) is 0 Å². The molecule has 108 valence electrons. The van der Waals surface area contributed by atoms with E-state index >= 15 is 0 Å². The predicted octanol–water partition coefficient (Wildman–Crippen LogP) is 3.34. The fourth-order valence-corrected chi connectivity index (χ4v) is 2.28. The fraction of sp³-hybridized carbons (Fsp3) is 0.625. The van der Waals surface area contributed by atoms with Crippen LogP contribution in [0.1, 0.15) is 39.3 Å². The first-order valence-corrected chi connectivity index (χ1v) is 7.14. The van der Waals surface area contributed by atoms with E-state index in [1.807, 2.05) is 12.1 Å². The molecule has 2 unspecified atom stereocenters. The first-order valence-electron chi connectivity index (χ1n) is 7.14. The van der Waals surface area contributed by atoms with Gasteiger partial charge in [0, 0.05) is 6.04 Å². The first-order chi connectivity index (χ1) is 8.95.